The fourth-order valence-electron chi connectivity index (χ4n) is 2.66. The van der Waals surface area contributed by atoms with Crippen LogP contribution in [0.25, 0.3) is 0 Å². The highest BCUT2D eigenvalue weighted by molar-refractivity contribution is 5.66. The number of halogens is 2. The summed E-state index contributed by atoms with van der Waals surface area (Å²) in [5.41, 5.74) is 2.32. The molecule has 0 radical (unpaired) electrons. The van der Waals surface area contributed by atoms with Crippen molar-refractivity contribution in [2.75, 3.05) is 5.32 Å². The normalized spacial score (nSPS) is 16.7. The molecule has 3 rings (SSSR count). The van der Waals surface area contributed by atoms with E-state index in [0.717, 1.165) is 12.1 Å². The summed E-state index contributed by atoms with van der Waals surface area (Å²) in [6, 6.07) is 7.02. The molecule has 6 heteroatoms. The number of pyridine rings is 1. The first-order chi connectivity index (χ1) is 10.5. The summed E-state index contributed by atoms with van der Waals surface area (Å²) in [7, 11) is 0. The van der Waals surface area contributed by atoms with Crippen molar-refractivity contribution in [1.29, 1.82) is 5.26 Å². The molecule has 2 N–H and O–H groups in total. The molecule has 0 amide bonds. The molecule has 0 fully saturated rings. The smallest absolute Gasteiger partial charge is 0.250 e. The van der Waals surface area contributed by atoms with Gasteiger partial charge in [-0.25, -0.2) is 8.78 Å². The van der Waals surface area contributed by atoms with Crippen LogP contribution in [0.15, 0.2) is 46.5 Å². The van der Waals surface area contributed by atoms with Crippen molar-refractivity contribution in [3.05, 3.63) is 74.8 Å². The van der Waals surface area contributed by atoms with Gasteiger partial charge in [0.2, 0.25) is 5.56 Å². The van der Waals surface area contributed by atoms with E-state index in [-0.39, 0.29) is 5.56 Å². The number of fused-ring (bicyclic) bond motifs is 1. The topological polar surface area (TPSA) is 68.7 Å². The number of allylic oxidation sites excluding steroid dienone is 2. The number of rotatable bonds is 1. The Labute approximate surface area is 124 Å². The molecule has 2 aromatic rings. The summed E-state index contributed by atoms with van der Waals surface area (Å²) in [5.74, 6) is -2.48. The van der Waals surface area contributed by atoms with Crippen molar-refractivity contribution in [2.45, 2.75) is 12.8 Å². The highest BCUT2D eigenvalue weighted by Crippen LogP contribution is 2.40. The number of nitrogens with zero attached hydrogens (tertiary/aromatic N) is 1. The molecule has 4 nitrogen and oxygen atoms in total. The van der Waals surface area contributed by atoms with E-state index < -0.39 is 17.6 Å². The number of aromatic amines is 1. The van der Waals surface area contributed by atoms with Crippen LogP contribution >= 0.6 is 0 Å². The molecule has 0 bridgehead atoms. The number of H-pyrrole nitrogens is 1. The van der Waals surface area contributed by atoms with Gasteiger partial charge in [0.25, 0.3) is 0 Å². The van der Waals surface area contributed by atoms with E-state index in [1.54, 1.807) is 6.92 Å². The van der Waals surface area contributed by atoms with Gasteiger partial charge in [0.1, 0.15) is 0 Å². The van der Waals surface area contributed by atoms with Gasteiger partial charge in [-0.15, -0.1) is 0 Å². The van der Waals surface area contributed by atoms with Gasteiger partial charge in [-0.3, -0.25) is 4.79 Å². The highest BCUT2D eigenvalue weighted by atomic mass is 19.2. The van der Waals surface area contributed by atoms with Crippen LogP contribution in [-0.2, 0) is 0 Å². The highest BCUT2D eigenvalue weighted by Gasteiger charge is 2.29. The number of anilines is 1. The molecule has 22 heavy (non-hydrogen) atoms. The van der Waals surface area contributed by atoms with Crippen LogP contribution in [0.5, 0.6) is 0 Å². The second-order valence-corrected chi connectivity index (χ2v) is 5.05. The standard InChI is InChI=1S/C16H11F2N3O/c1-8-10(6-19)16(9-2-3-12(17)13(18)4-9)11-7-20-15(22)5-14(11)21-8/h2-5,7,16,21H,1H3,(H,20,22). The maximum Gasteiger partial charge on any atom is 0.250 e. The summed E-state index contributed by atoms with van der Waals surface area (Å²) in [6.45, 7) is 1.70. The molecule has 1 aromatic carbocycles. The second kappa shape index (κ2) is 5.11. The molecule has 0 aliphatic carbocycles. The molecule has 1 aromatic heterocycles. The minimum atomic E-state index is -0.975. The predicted octanol–water partition coefficient (Wildman–Crippen LogP) is 3.01. The molecule has 1 aliphatic rings. The second-order valence-electron chi connectivity index (χ2n) is 5.05. The number of hydrogen-bond acceptors (Lipinski definition) is 3. The first kappa shape index (κ1) is 14.0. The molecule has 0 saturated heterocycles. The van der Waals surface area contributed by atoms with Gasteiger partial charge in [-0.2, -0.15) is 5.26 Å². The van der Waals surface area contributed by atoms with Crippen LogP contribution in [0.3, 0.4) is 0 Å². The summed E-state index contributed by atoms with van der Waals surface area (Å²) in [6.07, 6.45) is 1.49. The van der Waals surface area contributed by atoms with Crippen molar-refractivity contribution in [1.82, 2.24) is 4.98 Å². The zero-order valence-electron chi connectivity index (χ0n) is 11.6. The van der Waals surface area contributed by atoms with E-state index in [4.69, 9.17) is 0 Å². The Kier molecular flexibility index (Phi) is 3.26. The predicted molar refractivity (Wildman–Crippen MR) is 77.2 cm³/mol. The van der Waals surface area contributed by atoms with Gasteiger partial charge in [-0.05, 0) is 24.6 Å². The van der Waals surface area contributed by atoms with Crippen molar-refractivity contribution in [2.24, 2.45) is 0 Å². The first-order valence-corrected chi connectivity index (χ1v) is 6.56. The maximum atomic E-state index is 13.6. The zero-order chi connectivity index (χ0) is 15.9. The van der Waals surface area contributed by atoms with E-state index in [9.17, 15) is 18.8 Å². The van der Waals surface area contributed by atoms with Crippen LogP contribution in [0.2, 0.25) is 0 Å². The SMILES string of the molecule is CC1=C(C#N)C(c2ccc(F)c(F)c2)c2c[nH]c(=O)cc2N1. The summed E-state index contributed by atoms with van der Waals surface area (Å²) < 4.78 is 26.7. The van der Waals surface area contributed by atoms with Crippen molar-refractivity contribution >= 4 is 5.69 Å². The Morgan fingerprint density at radius 1 is 1.23 bits per heavy atom. The fraction of sp³-hybridized carbons (Fsp3) is 0.125. The molecule has 0 saturated carbocycles. The van der Waals surface area contributed by atoms with Crippen LogP contribution in [0.4, 0.5) is 14.5 Å². The van der Waals surface area contributed by atoms with Crippen molar-refractivity contribution in [3.8, 4) is 6.07 Å². The van der Waals surface area contributed by atoms with Crippen LogP contribution in [0, 0.1) is 23.0 Å². The van der Waals surface area contributed by atoms with Crippen molar-refractivity contribution < 1.29 is 8.78 Å². The van der Waals surface area contributed by atoms with Crippen LogP contribution in [-0.4, -0.2) is 4.98 Å². The molecule has 110 valence electrons. The molecule has 1 atom stereocenters. The van der Waals surface area contributed by atoms with Gasteiger partial charge in [-0.1, -0.05) is 6.07 Å². The molecular weight excluding hydrogens is 288 g/mol. The van der Waals surface area contributed by atoms with E-state index in [0.29, 0.717) is 28.1 Å². The van der Waals surface area contributed by atoms with E-state index in [2.05, 4.69) is 16.4 Å². The molecule has 0 spiro atoms. The minimum absolute atomic E-state index is 0.288. The summed E-state index contributed by atoms with van der Waals surface area (Å²) in [5, 5.41) is 12.4. The third kappa shape index (κ3) is 2.17. The Hall–Kier alpha value is -2.94. The third-order valence-electron chi connectivity index (χ3n) is 3.68. The van der Waals surface area contributed by atoms with E-state index in [1.165, 1.54) is 18.3 Å². The Morgan fingerprint density at radius 3 is 2.68 bits per heavy atom. The summed E-state index contributed by atoms with van der Waals surface area (Å²) in [4.78, 5) is 14.0. The van der Waals surface area contributed by atoms with Crippen LogP contribution in [0.1, 0.15) is 24.0 Å². The number of aromatic nitrogens is 1. The lowest BCUT2D eigenvalue weighted by molar-refractivity contribution is 0.507. The van der Waals surface area contributed by atoms with Crippen molar-refractivity contribution in [3.63, 3.8) is 0 Å². The lowest BCUT2D eigenvalue weighted by Crippen LogP contribution is -2.20. The third-order valence-corrected chi connectivity index (χ3v) is 3.68. The minimum Gasteiger partial charge on any atom is -0.358 e. The number of nitriles is 1. The Balaban J connectivity index is 2.25. The van der Waals surface area contributed by atoms with Crippen LogP contribution < -0.4 is 10.9 Å². The quantitative estimate of drug-likeness (QED) is 0.850. The van der Waals surface area contributed by atoms with Gasteiger partial charge in [0.05, 0.1) is 11.6 Å². The number of hydrogen-bond donors (Lipinski definition) is 2. The average molecular weight is 299 g/mol. The average Bonchev–Trinajstić information content (AvgIpc) is 2.48. The van der Waals surface area contributed by atoms with Gasteiger partial charge in [0.15, 0.2) is 11.6 Å². The molecule has 1 unspecified atom stereocenters. The van der Waals surface area contributed by atoms with Gasteiger partial charge in [0, 0.05) is 35.1 Å². The molecular formula is C16H11F2N3O. The maximum absolute atomic E-state index is 13.6. The molecule has 2 heterocycles. The number of benzene rings is 1. The summed E-state index contributed by atoms with van der Waals surface area (Å²) >= 11 is 0. The molecule has 1 aliphatic heterocycles. The van der Waals surface area contributed by atoms with Gasteiger partial charge >= 0.3 is 0 Å². The first-order valence-electron chi connectivity index (χ1n) is 6.56. The fourth-order valence-corrected chi connectivity index (χ4v) is 2.66. The Bertz CT molecular complexity index is 893. The largest absolute Gasteiger partial charge is 0.358 e. The monoisotopic (exact) mass is 299 g/mol. The zero-order valence-corrected chi connectivity index (χ0v) is 11.6. The lowest BCUT2D eigenvalue weighted by Gasteiger charge is -2.27. The van der Waals surface area contributed by atoms with Gasteiger partial charge < -0.3 is 10.3 Å². The van der Waals surface area contributed by atoms with E-state index in [1.807, 2.05) is 0 Å². The number of nitrogens with one attached hydrogen (secondary N) is 2. The van der Waals surface area contributed by atoms with E-state index >= 15 is 0 Å². The lowest BCUT2D eigenvalue weighted by atomic mass is 9.82. The Morgan fingerprint density at radius 2 is 2.00 bits per heavy atom.